The summed E-state index contributed by atoms with van der Waals surface area (Å²) in [6.45, 7) is 2.99. The van der Waals surface area contributed by atoms with Crippen molar-refractivity contribution >= 4 is 0 Å². The Bertz CT molecular complexity index is 1010. The van der Waals surface area contributed by atoms with E-state index in [2.05, 4.69) is 6.92 Å². The molecule has 3 aromatic rings. The molecule has 4 rings (SSSR count). The van der Waals surface area contributed by atoms with Gasteiger partial charge in [-0.1, -0.05) is 111 Å². The Morgan fingerprint density at radius 2 is 1.06 bits per heavy atom. The summed E-state index contributed by atoms with van der Waals surface area (Å²) in [6.07, 6.45) is 0.643. The van der Waals surface area contributed by atoms with Gasteiger partial charge in [0.05, 0.1) is 26.4 Å². The third kappa shape index (κ3) is 5.83. The van der Waals surface area contributed by atoms with Crippen molar-refractivity contribution in [3.05, 3.63) is 108 Å². The van der Waals surface area contributed by atoms with Crippen LogP contribution in [0.2, 0.25) is 0 Å². The molecular weight excluding hydrogens is 440 g/mol. The molecule has 35 heavy (non-hydrogen) atoms. The van der Waals surface area contributed by atoms with Crippen molar-refractivity contribution in [1.82, 2.24) is 0 Å². The first-order chi connectivity index (χ1) is 17.1. The Hall–Kier alpha value is -2.54. The Morgan fingerprint density at radius 1 is 0.629 bits per heavy atom. The van der Waals surface area contributed by atoms with Gasteiger partial charge in [0.25, 0.3) is 0 Å². The summed E-state index contributed by atoms with van der Waals surface area (Å²) in [4.78, 5) is 0. The van der Waals surface area contributed by atoms with Gasteiger partial charge in [0, 0.05) is 0 Å². The molecule has 0 heterocycles. The molecule has 3 aromatic carbocycles. The lowest BCUT2D eigenvalue weighted by Gasteiger charge is -2.62. The van der Waals surface area contributed by atoms with E-state index in [4.69, 9.17) is 14.2 Å². The van der Waals surface area contributed by atoms with Crippen LogP contribution >= 0.6 is 0 Å². The predicted molar refractivity (Wildman–Crippen MR) is 136 cm³/mol. The van der Waals surface area contributed by atoms with Crippen LogP contribution in [0.4, 0.5) is 0 Å². The van der Waals surface area contributed by atoms with Gasteiger partial charge in [-0.25, -0.2) is 0 Å². The molecule has 1 aliphatic carbocycles. The van der Waals surface area contributed by atoms with Crippen LogP contribution in [0.3, 0.4) is 0 Å². The first kappa shape index (κ1) is 25.5. The van der Waals surface area contributed by atoms with E-state index in [1.807, 2.05) is 91.0 Å². The van der Waals surface area contributed by atoms with E-state index < -0.39 is 23.4 Å². The fourth-order valence-electron chi connectivity index (χ4n) is 4.78. The zero-order chi connectivity index (χ0) is 24.6. The molecule has 1 fully saturated rings. The fourth-order valence-corrected chi connectivity index (χ4v) is 4.78. The van der Waals surface area contributed by atoms with Crippen molar-refractivity contribution in [2.75, 3.05) is 6.61 Å². The third-order valence-electron chi connectivity index (χ3n) is 6.86. The number of hydrogen-bond donors (Lipinski definition) is 2. The van der Waals surface area contributed by atoms with Crippen molar-refractivity contribution in [2.45, 2.75) is 69.4 Å². The summed E-state index contributed by atoms with van der Waals surface area (Å²) in [6, 6.07) is 29.5. The molecule has 4 atom stereocenters. The third-order valence-corrected chi connectivity index (χ3v) is 6.86. The van der Waals surface area contributed by atoms with Crippen molar-refractivity contribution < 1.29 is 24.4 Å². The van der Waals surface area contributed by atoms with Crippen LogP contribution in [-0.4, -0.2) is 40.2 Å². The SMILES string of the molecule is CCCCC1(O)[C@H](OCc2ccccc2)[C@@H](OCc2ccccc2)C1(O)COCc1ccccc1. The van der Waals surface area contributed by atoms with Gasteiger partial charge < -0.3 is 24.4 Å². The zero-order valence-corrected chi connectivity index (χ0v) is 20.4. The highest BCUT2D eigenvalue weighted by molar-refractivity contribution is 5.25. The highest BCUT2D eigenvalue weighted by atomic mass is 16.6. The molecule has 1 saturated carbocycles. The minimum atomic E-state index is -1.59. The number of rotatable bonds is 13. The van der Waals surface area contributed by atoms with E-state index >= 15 is 0 Å². The summed E-state index contributed by atoms with van der Waals surface area (Å²) >= 11 is 0. The van der Waals surface area contributed by atoms with E-state index in [0.29, 0.717) is 26.2 Å². The second-order valence-corrected chi connectivity index (χ2v) is 9.36. The topological polar surface area (TPSA) is 68.2 Å². The quantitative estimate of drug-likeness (QED) is 0.362. The predicted octanol–water partition coefficient (Wildman–Crippen LogP) is 5.04. The second kappa shape index (κ2) is 11.9. The van der Waals surface area contributed by atoms with Gasteiger partial charge in [-0.2, -0.15) is 0 Å². The smallest absolute Gasteiger partial charge is 0.148 e. The normalized spacial score (nSPS) is 25.8. The zero-order valence-electron chi connectivity index (χ0n) is 20.4. The monoisotopic (exact) mass is 476 g/mol. The van der Waals surface area contributed by atoms with E-state index in [1.54, 1.807) is 0 Å². The van der Waals surface area contributed by atoms with Crippen molar-refractivity contribution in [1.29, 1.82) is 0 Å². The summed E-state index contributed by atoms with van der Waals surface area (Å²) in [5.41, 5.74) is -0.0666. The molecule has 2 N–H and O–H groups in total. The van der Waals surface area contributed by atoms with Crippen LogP contribution in [0.5, 0.6) is 0 Å². The number of benzene rings is 3. The van der Waals surface area contributed by atoms with Gasteiger partial charge in [0.2, 0.25) is 0 Å². The van der Waals surface area contributed by atoms with Crippen LogP contribution in [0.15, 0.2) is 91.0 Å². The minimum absolute atomic E-state index is 0.0488. The number of ether oxygens (including phenoxy) is 3. The molecule has 5 heteroatoms. The van der Waals surface area contributed by atoms with Crippen molar-refractivity contribution in [3.63, 3.8) is 0 Å². The lowest BCUT2D eigenvalue weighted by atomic mass is 9.58. The Labute approximate surface area is 208 Å². The van der Waals surface area contributed by atoms with E-state index in [-0.39, 0.29) is 6.61 Å². The minimum Gasteiger partial charge on any atom is -0.384 e. The van der Waals surface area contributed by atoms with Crippen molar-refractivity contribution in [2.24, 2.45) is 0 Å². The molecule has 0 amide bonds. The molecule has 0 aromatic heterocycles. The van der Waals surface area contributed by atoms with Crippen molar-refractivity contribution in [3.8, 4) is 0 Å². The van der Waals surface area contributed by atoms with E-state index in [9.17, 15) is 10.2 Å². The van der Waals surface area contributed by atoms with Gasteiger partial charge in [-0.15, -0.1) is 0 Å². The van der Waals surface area contributed by atoms with Crippen LogP contribution < -0.4 is 0 Å². The lowest BCUT2D eigenvalue weighted by Crippen LogP contribution is -2.84. The Kier molecular flexibility index (Phi) is 8.71. The van der Waals surface area contributed by atoms with Crippen LogP contribution in [0.25, 0.3) is 0 Å². The highest BCUT2D eigenvalue weighted by Gasteiger charge is 2.73. The maximum atomic E-state index is 11.9. The molecule has 0 spiro atoms. The summed E-state index contributed by atoms with van der Waals surface area (Å²) in [7, 11) is 0. The Balaban J connectivity index is 1.53. The molecule has 0 radical (unpaired) electrons. The summed E-state index contributed by atoms with van der Waals surface area (Å²) in [5.74, 6) is 0. The van der Waals surface area contributed by atoms with Gasteiger partial charge in [-0.3, -0.25) is 0 Å². The Morgan fingerprint density at radius 3 is 1.51 bits per heavy atom. The summed E-state index contributed by atoms with van der Waals surface area (Å²) < 4.78 is 18.4. The molecule has 186 valence electrons. The second-order valence-electron chi connectivity index (χ2n) is 9.36. The maximum Gasteiger partial charge on any atom is 0.148 e. The first-order valence-electron chi connectivity index (χ1n) is 12.4. The van der Waals surface area contributed by atoms with Crippen LogP contribution in [0, 0.1) is 0 Å². The van der Waals surface area contributed by atoms with Gasteiger partial charge >= 0.3 is 0 Å². The van der Waals surface area contributed by atoms with Crippen LogP contribution in [0.1, 0.15) is 42.9 Å². The van der Waals surface area contributed by atoms with Gasteiger partial charge in [0.1, 0.15) is 23.4 Å². The lowest BCUT2D eigenvalue weighted by molar-refractivity contribution is -0.377. The highest BCUT2D eigenvalue weighted by Crippen LogP contribution is 2.50. The largest absolute Gasteiger partial charge is 0.384 e. The van der Waals surface area contributed by atoms with Gasteiger partial charge in [-0.05, 0) is 23.1 Å². The summed E-state index contributed by atoms with van der Waals surface area (Å²) in [5, 5.41) is 23.7. The molecule has 0 saturated heterocycles. The fraction of sp³-hybridized carbons (Fsp3) is 0.400. The molecule has 0 aliphatic heterocycles. The van der Waals surface area contributed by atoms with E-state index in [1.165, 1.54) is 0 Å². The maximum absolute atomic E-state index is 11.9. The van der Waals surface area contributed by atoms with E-state index in [0.717, 1.165) is 29.5 Å². The first-order valence-corrected chi connectivity index (χ1v) is 12.4. The molecule has 5 nitrogen and oxygen atoms in total. The molecular formula is C30H36O5. The number of aliphatic hydroxyl groups is 2. The molecule has 1 aliphatic rings. The van der Waals surface area contributed by atoms with Gasteiger partial charge in [0.15, 0.2) is 0 Å². The average molecular weight is 477 g/mol. The average Bonchev–Trinajstić information content (AvgIpc) is 2.90. The standard InChI is InChI=1S/C30H36O5/c1-2-3-19-29(31)27(34-21-25-15-9-5-10-16-25)28(35-22-26-17-11-6-12-18-26)30(29,32)23-33-20-24-13-7-4-8-14-24/h4-18,27-28,31-32H,2-3,19-23H2,1H3/t27-,28-,29?,30?/m1/s1. The number of unbranched alkanes of at least 4 members (excludes halogenated alkanes) is 1. The number of hydrogen-bond acceptors (Lipinski definition) is 5. The van der Waals surface area contributed by atoms with Crippen LogP contribution in [-0.2, 0) is 34.0 Å². The molecule has 2 unspecified atom stereocenters. The molecule has 0 bridgehead atoms.